The number of phenols is 1. The highest BCUT2D eigenvalue weighted by Crippen LogP contribution is 2.37. The SMILES string of the molecule is Oc1c(Cl)ccc(Br)c1[C@@H]1CNCCN1. The average Bonchev–Trinajstić information content (AvgIpc) is 2.26. The fraction of sp³-hybridized carbons (Fsp3) is 0.400. The van der Waals surface area contributed by atoms with E-state index in [1.54, 1.807) is 6.07 Å². The van der Waals surface area contributed by atoms with Crippen molar-refractivity contribution < 1.29 is 5.11 Å². The Morgan fingerprint density at radius 1 is 1.40 bits per heavy atom. The summed E-state index contributed by atoms with van der Waals surface area (Å²) in [5.41, 5.74) is 0.828. The Labute approximate surface area is 102 Å². The summed E-state index contributed by atoms with van der Waals surface area (Å²) < 4.78 is 0.880. The van der Waals surface area contributed by atoms with Gasteiger partial charge in [-0.2, -0.15) is 0 Å². The Balaban J connectivity index is 2.36. The number of halogens is 2. The monoisotopic (exact) mass is 290 g/mol. The molecule has 1 fully saturated rings. The molecule has 0 spiro atoms. The standard InChI is InChI=1S/C10H12BrClN2O/c11-6-1-2-7(12)10(15)9(6)8-5-13-3-4-14-8/h1-2,8,13-15H,3-5H2/t8-/m0/s1. The lowest BCUT2D eigenvalue weighted by atomic mass is 10.0. The van der Waals surface area contributed by atoms with Crippen LogP contribution in [0.4, 0.5) is 0 Å². The van der Waals surface area contributed by atoms with Crippen molar-refractivity contribution in [2.24, 2.45) is 0 Å². The van der Waals surface area contributed by atoms with Crippen molar-refractivity contribution in [1.29, 1.82) is 0 Å². The van der Waals surface area contributed by atoms with E-state index < -0.39 is 0 Å². The van der Waals surface area contributed by atoms with Gasteiger partial charge in [-0.05, 0) is 12.1 Å². The first-order valence-electron chi connectivity index (χ1n) is 4.81. The van der Waals surface area contributed by atoms with Gasteiger partial charge < -0.3 is 15.7 Å². The molecule has 1 aromatic rings. The summed E-state index contributed by atoms with van der Waals surface area (Å²) in [7, 11) is 0. The van der Waals surface area contributed by atoms with Crippen LogP contribution in [0.3, 0.4) is 0 Å². The highest BCUT2D eigenvalue weighted by molar-refractivity contribution is 9.10. The second kappa shape index (κ2) is 4.70. The molecule has 0 saturated carbocycles. The smallest absolute Gasteiger partial charge is 0.140 e. The quantitative estimate of drug-likeness (QED) is 0.742. The van der Waals surface area contributed by atoms with Crippen molar-refractivity contribution in [2.45, 2.75) is 6.04 Å². The van der Waals surface area contributed by atoms with Gasteiger partial charge in [0.25, 0.3) is 0 Å². The first kappa shape index (κ1) is 11.2. The maximum Gasteiger partial charge on any atom is 0.140 e. The van der Waals surface area contributed by atoms with E-state index in [9.17, 15) is 5.11 Å². The van der Waals surface area contributed by atoms with Crippen LogP contribution in [0.25, 0.3) is 0 Å². The summed E-state index contributed by atoms with van der Waals surface area (Å²) in [5.74, 6) is 0.159. The van der Waals surface area contributed by atoms with Gasteiger partial charge in [0.1, 0.15) is 5.75 Å². The van der Waals surface area contributed by atoms with E-state index in [1.165, 1.54) is 0 Å². The van der Waals surface area contributed by atoms with Gasteiger partial charge in [-0.1, -0.05) is 27.5 Å². The summed E-state index contributed by atoms with van der Waals surface area (Å²) in [6.45, 7) is 2.64. The molecule has 0 unspecified atom stereocenters. The normalized spacial score (nSPS) is 21.6. The lowest BCUT2D eigenvalue weighted by Gasteiger charge is -2.26. The minimum atomic E-state index is 0.104. The molecule has 0 aliphatic carbocycles. The maximum atomic E-state index is 9.90. The lowest BCUT2D eigenvalue weighted by Crippen LogP contribution is -2.42. The van der Waals surface area contributed by atoms with Crippen LogP contribution >= 0.6 is 27.5 Å². The van der Waals surface area contributed by atoms with Crippen LogP contribution in [0.2, 0.25) is 5.02 Å². The Bertz CT molecular complexity index is 367. The van der Waals surface area contributed by atoms with E-state index in [1.807, 2.05) is 6.07 Å². The van der Waals surface area contributed by atoms with Crippen LogP contribution in [0, 0.1) is 0 Å². The van der Waals surface area contributed by atoms with E-state index >= 15 is 0 Å². The summed E-state index contributed by atoms with van der Waals surface area (Å²) in [5, 5.41) is 16.9. The average molecular weight is 292 g/mol. The molecule has 1 aliphatic rings. The number of nitrogens with one attached hydrogen (secondary N) is 2. The molecule has 1 aromatic carbocycles. The third kappa shape index (κ3) is 2.28. The van der Waals surface area contributed by atoms with Gasteiger partial charge in [0.05, 0.1) is 5.02 Å². The summed E-state index contributed by atoms with van der Waals surface area (Å²) in [4.78, 5) is 0. The molecule has 1 saturated heterocycles. The van der Waals surface area contributed by atoms with Gasteiger partial charge in [0.15, 0.2) is 0 Å². The summed E-state index contributed by atoms with van der Waals surface area (Å²) >= 11 is 9.32. The first-order chi connectivity index (χ1) is 7.20. The van der Waals surface area contributed by atoms with Crippen molar-refractivity contribution >= 4 is 27.5 Å². The molecule has 1 atom stereocenters. The predicted octanol–water partition coefficient (Wildman–Crippen LogP) is 2.04. The second-order valence-electron chi connectivity index (χ2n) is 3.50. The van der Waals surface area contributed by atoms with E-state index in [2.05, 4.69) is 26.6 Å². The van der Waals surface area contributed by atoms with Crippen molar-refractivity contribution in [3.05, 3.63) is 27.2 Å². The molecule has 0 amide bonds. The zero-order chi connectivity index (χ0) is 10.8. The van der Waals surface area contributed by atoms with E-state index in [0.29, 0.717) is 5.02 Å². The molecule has 1 heterocycles. The minimum Gasteiger partial charge on any atom is -0.506 e. The number of rotatable bonds is 1. The molecule has 3 N–H and O–H groups in total. The molecule has 0 bridgehead atoms. The Morgan fingerprint density at radius 3 is 2.87 bits per heavy atom. The molecule has 0 aromatic heterocycles. The molecule has 5 heteroatoms. The molecule has 2 rings (SSSR count). The topological polar surface area (TPSA) is 44.3 Å². The van der Waals surface area contributed by atoms with Gasteiger partial charge >= 0.3 is 0 Å². The van der Waals surface area contributed by atoms with Crippen LogP contribution < -0.4 is 10.6 Å². The van der Waals surface area contributed by atoms with Gasteiger partial charge in [0.2, 0.25) is 0 Å². The van der Waals surface area contributed by atoms with Gasteiger partial charge in [-0.3, -0.25) is 0 Å². The fourth-order valence-electron chi connectivity index (χ4n) is 1.75. The number of benzene rings is 1. The van der Waals surface area contributed by atoms with E-state index in [4.69, 9.17) is 11.6 Å². The van der Waals surface area contributed by atoms with Gasteiger partial charge in [-0.15, -0.1) is 0 Å². The van der Waals surface area contributed by atoms with Crippen LogP contribution in [-0.4, -0.2) is 24.7 Å². The molecule has 1 aliphatic heterocycles. The van der Waals surface area contributed by atoms with Crippen molar-refractivity contribution in [3.8, 4) is 5.75 Å². The highest BCUT2D eigenvalue weighted by Gasteiger charge is 2.21. The molecule has 82 valence electrons. The fourth-order valence-corrected chi connectivity index (χ4v) is 2.51. The third-order valence-electron chi connectivity index (χ3n) is 2.50. The van der Waals surface area contributed by atoms with Gasteiger partial charge in [-0.25, -0.2) is 0 Å². The van der Waals surface area contributed by atoms with E-state index in [-0.39, 0.29) is 11.8 Å². The van der Waals surface area contributed by atoms with Crippen molar-refractivity contribution in [2.75, 3.05) is 19.6 Å². The van der Waals surface area contributed by atoms with Crippen LogP contribution in [0.5, 0.6) is 5.75 Å². The van der Waals surface area contributed by atoms with Crippen LogP contribution in [0.15, 0.2) is 16.6 Å². The highest BCUT2D eigenvalue weighted by atomic mass is 79.9. The van der Waals surface area contributed by atoms with E-state index in [0.717, 1.165) is 29.7 Å². The second-order valence-corrected chi connectivity index (χ2v) is 4.76. The minimum absolute atomic E-state index is 0.104. The first-order valence-corrected chi connectivity index (χ1v) is 5.98. The maximum absolute atomic E-state index is 9.90. The number of phenolic OH excluding ortho intramolecular Hbond substituents is 1. The Morgan fingerprint density at radius 2 is 2.20 bits per heavy atom. The van der Waals surface area contributed by atoms with Gasteiger partial charge in [0, 0.05) is 35.7 Å². The third-order valence-corrected chi connectivity index (χ3v) is 3.50. The predicted molar refractivity (Wildman–Crippen MR) is 64.4 cm³/mol. The summed E-state index contributed by atoms with van der Waals surface area (Å²) in [6, 6.07) is 3.64. The van der Waals surface area contributed by atoms with Crippen LogP contribution in [-0.2, 0) is 0 Å². The Hall–Kier alpha value is -0.290. The molecular formula is C10H12BrClN2O. The molecule has 3 nitrogen and oxygen atoms in total. The zero-order valence-corrected chi connectivity index (χ0v) is 10.4. The summed E-state index contributed by atoms with van der Waals surface area (Å²) in [6.07, 6.45) is 0. The number of hydrogen-bond acceptors (Lipinski definition) is 3. The molecule has 0 radical (unpaired) electrons. The zero-order valence-electron chi connectivity index (χ0n) is 8.06. The number of aromatic hydroxyl groups is 1. The largest absolute Gasteiger partial charge is 0.506 e. The van der Waals surface area contributed by atoms with Crippen LogP contribution in [0.1, 0.15) is 11.6 Å². The number of piperazine rings is 1. The van der Waals surface area contributed by atoms with Crippen molar-refractivity contribution in [1.82, 2.24) is 10.6 Å². The van der Waals surface area contributed by atoms with Crippen molar-refractivity contribution in [3.63, 3.8) is 0 Å². The number of hydrogen-bond donors (Lipinski definition) is 3. The molecule has 15 heavy (non-hydrogen) atoms. The lowest BCUT2D eigenvalue weighted by molar-refractivity contribution is 0.403. The Kier molecular flexibility index (Phi) is 3.51. The molecular weight excluding hydrogens is 279 g/mol.